The van der Waals surface area contributed by atoms with E-state index in [0.29, 0.717) is 11.9 Å². The second-order valence-electron chi connectivity index (χ2n) is 4.31. The van der Waals surface area contributed by atoms with Gasteiger partial charge < -0.3 is 4.57 Å². The van der Waals surface area contributed by atoms with Crippen LogP contribution in [0.25, 0.3) is 0 Å². The molecule has 0 aliphatic heterocycles. The monoisotopic (exact) mass is 245 g/mol. The molecular weight excluding hydrogens is 234 g/mol. The zero-order chi connectivity index (χ0) is 13.0. The van der Waals surface area contributed by atoms with Gasteiger partial charge in [-0.1, -0.05) is 23.7 Å². The molecular formula is C12H11B2F2NO. The summed E-state index contributed by atoms with van der Waals surface area (Å²) >= 11 is 0. The Bertz CT molecular complexity index is 471. The lowest BCUT2D eigenvalue weighted by atomic mass is 9.77. The van der Waals surface area contributed by atoms with Crippen molar-refractivity contribution in [3.63, 3.8) is 0 Å². The van der Waals surface area contributed by atoms with Crippen molar-refractivity contribution in [3.05, 3.63) is 48.0 Å². The van der Waals surface area contributed by atoms with Crippen LogP contribution in [0.2, 0.25) is 0 Å². The molecule has 2 radical (unpaired) electrons. The number of hydrogen-bond donors (Lipinski definition) is 0. The first-order valence-corrected chi connectivity index (χ1v) is 5.57. The van der Waals surface area contributed by atoms with Gasteiger partial charge in [-0.25, -0.2) is 9.37 Å². The van der Waals surface area contributed by atoms with Gasteiger partial charge in [0.2, 0.25) is 5.95 Å². The summed E-state index contributed by atoms with van der Waals surface area (Å²) < 4.78 is 31.2. The van der Waals surface area contributed by atoms with E-state index in [2.05, 4.69) is 4.98 Å². The smallest absolute Gasteiger partial charge is 0.314 e. The fraction of sp³-hybridized carbons (Fsp3) is 0.250. The molecule has 1 heterocycles. The predicted molar refractivity (Wildman–Crippen MR) is 67.8 cm³/mol. The van der Waals surface area contributed by atoms with Crippen LogP contribution in [0.15, 0.2) is 42.0 Å². The Morgan fingerprint density at radius 3 is 2.83 bits per heavy atom. The van der Waals surface area contributed by atoms with Crippen LogP contribution in [-0.4, -0.2) is 25.6 Å². The fourth-order valence-electron chi connectivity index (χ4n) is 1.46. The van der Waals surface area contributed by atoms with Crippen LogP contribution >= 0.6 is 0 Å². The lowest BCUT2D eigenvalue weighted by Gasteiger charge is -2.18. The van der Waals surface area contributed by atoms with Gasteiger partial charge in [0.15, 0.2) is 0 Å². The van der Waals surface area contributed by atoms with E-state index >= 15 is 0 Å². The summed E-state index contributed by atoms with van der Waals surface area (Å²) in [5.41, 5.74) is 0.182. The third kappa shape index (κ3) is 3.81. The number of rotatable bonds is 4. The Morgan fingerprint density at radius 1 is 1.39 bits per heavy atom. The second kappa shape index (κ2) is 5.48. The van der Waals surface area contributed by atoms with Crippen molar-refractivity contribution in [1.29, 1.82) is 0 Å². The van der Waals surface area contributed by atoms with E-state index in [1.54, 1.807) is 18.2 Å². The van der Waals surface area contributed by atoms with Crippen molar-refractivity contribution in [3.8, 4) is 0 Å². The standard InChI is InChI=1S/C12H11B2F2NO/c1-12(16)6-4-9(5-7-12)13-18-14-10-2-3-11(15)17-8-10/h2-6,8H,7H2,1H3. The van der Waals surface area contributed by atoms with Crippen LogP contribution in [0.4, 0.5) is 8.78 Å². The minimum atomic E-state index is -1.28. The molecule has 0 spiro atoms. The average molecular weight is 245 g/mol. The first kappa shape index (κ1) is 13.0. The molecule has 0 N–H and O–H groups in total. The van der Waals surface area contributed by atoms with Gasteiger partial charge in [-0.15, -0.1) is 0 Å². The Balaban J connectivity index is 1.78. The maximum atomic E-state index is 13.4. The van der Waals surface area contributed by atoms with Crippen LogP contribution in [0, 0.1) is 5.95 Å². The van der Waals surface area contributed by atoms with Gasteiger partial charge >= 0.3 is 15.0 Å². The average Bonchev–Trinajstić information content (AvgIpc) is 2.34. The zero-order valence-corrected chi connectivity index (χ0v) is 9.94. The number of halogens is 2. The van der Waals surface area contributed by atoms with Crippen LogP contribution in [0.3, 0.4) is 0 Å². The highest BCUT2D eigenvalue weighted by Gasteiger charge is 2.20. The van der Waals surface area contributed by atoms with Crippen molar-refractivity contribution in [2.45, 2.75) is 19.0 Å². The second-order valence-corrected chi connectivity index (χ2v) is 4.31. The Morgan fingerprint density at radius 2 is 2.22 bits per heavy atom. The first-order valence-electron chi connectivity index (χ1n) is 5.57. The van der Waals surface area contributed by atoms with Crippen molar-refractivity contribution < 1.29 is 13.4 Å². The van der Waals surface area contributed by atoms with E-state index in [-0.39, 0.29) is 0 Å². The lowest BCUT2D eigenvalue weighted by molar-refractivity contribution is 0.259. The number of alkyl halides is 1. The highest BCUT2D eigenvalue weighted by molar-refractivity contribution is 6.57. The predicted octanol–water partition coefficient (Wildman–Crippen LogP) is 1.67. The number of aromatic nitrogens is 1. The summed E-state index contributed by atoms with van der Waals surface area (Å²) in [5, 5.41) is 0. The topological polar surface area (TPSA) is 22.1 Å². The SMILES string of the molecule is CC1(F)C=CC([B]O[B]c2ccc(F)nc2)=CC1. The summed E-state index contributed by atoms with van der Waals surface area (Å²) in [7, 11) is 2.96. The number of pyridine rings is 1. The molecule has 1 aromatic heterocycles. The van der Waals surface area contributed by atoms with Crippen molar-refractivity contribution in [1.82, 2.24) is 4.98 Å². The van der Waals surface area contributed by atoms with Crippen LogP contribution in [0.5, 0.6) is 0 Å². The quantitative estimate of drug-likeness (QED) is 0.594. The van der Waals surface area contributed by atoms with E-state index in [1.807, 2.05) is 0 Å². The molecule has 2 nitrogen and oxygen atoms in total. The summed E-state index contributed by atoms with van der Waals surface area (Å²) in [5.74, 6) is -0.531. The van der Waals surface area contributed by atoms with E-state index in [0.717, 1.165) is 5.47 Å². The molecule has 1 aliphatic carbocycles. The van der Waals surface area contributed by atoms with Gasteiger partial charge in [-0.05, 0) is 24.5 Å². The minimum Gasteiger partial charge on any atom is -0.498 e. The van der Waals surface area contributed by atoms with Gasteiger partial charge in [0.25, 0.3) is 0 Å². The molecule has 2 rings (SSSR count). The maximum Gasteiger partial charge on any atom is 0.314 e. The van der Waals surface area contributed by atoms with E-state index in [1.165, 1.54) is 40.2 Å². The van der Waals surface area contributed by atoms with Gasteiger partial charge in [-0.3, -0.25) is 0 Å². The summed E-state index contributed by atoms with van der Waals surface area (Å²) in [6, 6.07) is 2.81. The molecule has 1 unspecified atom stereocenters. The van der Waals surface area contributed by atoms with Gasteiger partial charge in [0.05, 0.1) is 0 Å². The summed E-state index contributed by atoms with van der Waals surface area (Å²) in [6.07, 6.45) is 6.63. The molecule has 1 aliphatic rings. The Kier molecular flexibility index (Phi) is 3.97. The number of allylic oxidation sites excluding steroid dienone is 4. The van der Waals surface area contributed by atoms with E-state index in [4.69, 9.17) is 4.57 Å². The van der Waals surface area contributed by atoms with Crippen LogP contribution in [0.1, 0.15) is 13.3 Å². The normalized spacial score (nSPS) is 22.5. The minimum absolute atomic E-state index is 0.330. The summed E-state index contributed by atoms with van der Waals surface area (Å²) in [6.45, 7) is 1.52. The molecule has 0 bridgehead atoms. The van der Waals surface area contributed by atoms with Crippen molar-refractivity contribution >= 4 is 20.4 Å². The molecule has 0 aromatic carbocycles. The van der Waals surface area contributed by atoms with Gasteiger partial charge in [-0.2, -0.15) is 4.39 Å². The Labute approximate surface area is 106 Å². The maximum absolute atomic E-state index is 13.4. The molecule has 1 aromatic rings. The largest absolute Gasteiger partial charge is 0.498 e. The van der Waals surface area contributed by atoms with Gasteiger partial charge in [0.1, 0.15) is 5.67 Å². The van der Waals surface area contributed by atoms with E-state index in [9.17, 15) is 8.78 Å². The Hall–Kier alpha value is -1.42. The van der Waals surface area contributed by atoms with Gasteiger partial charge in [0, 0.05) is 12.6 Å². The fourth-order valence-corrected chi connectivity index (χ4v) is 1.46. The molecule has 0 saturated heterocycles. The molecule has 0 amide bonds. The van der Waals surface area contributed by atoms with Crippen molar-refractivity contribution in [2.75, 3.05) is 0 Å². The third-order valence-electron chi connectivity index (χ3n) is 2.52. The van der Waals surface area contributed by atoms with E-state index < -0.39 is 11.6 Å². The number of hydrogen-bond acceptors (Lipinski definition) is 2. The molecule has 18 heavy (non-hydrogen) atoms. The highest BCUT2D eigenvalue weighted by Crippen LogP contribution is 2.23. The molecule has 6 heteroatoms. The molecule has 0 fully saturated rings. The van der Waals surface area contributed by atoms with Crippen LogP contribution in [-0.2, 0) is 4.57 Å². The zero-order valence-electron chi connectivity index (χ0n) is 9.94. The highest BCUT2D eigenvalue weighted by atomic mass is 19.1. The number of nitrogens with zero attached hydrogens (tertiary/aromatic N) is 1. The van der Waals surface area contributed by atoms with Crippen molar-refractivity contribution in [2.24, 2.45) is 0 Å². The lowest BCUT2D eigenvalue weighted by Crippen LogP contribution is -2.22. The molecule has 90 valence electrons. The molecule has 1 atom stereocenters. The molecule has 0 saturated carbocycles. The summed E-state index contributed by atoms with van der Waals surface area (Å²) in [4.78, 5) is 3.49. The third-order valence-corrected chi connectivity index (χ3v) is 2.52. The first-order chi connectivity index (χ1) is 8.55. The van der Waals surface area contributed by atoms with Crippen LogP contribution < -0.4 is 5.46 Å².